The molecule has 0 amide bonds. The van der Waals surface area contributed by atoms with Gasteiger partial charge in [0.15, 0.2) is 0 Å². The molecule has 0 bridgehead atoms. The van der Waals surface area contributed by atoms with E-state index in [1.54, 1.807) is 12.1 Å². The highest BCUT2D eigenvalue weighted by Crippen LogP contribution is 2.00. The predicted octanol–water partition coefficient (Wildman–Crippen LogP) is 16.7. The van der Waals surface area contributed by atoms with Gasteiger partial charge in [0.1, 0.15) is 6.29 Å². The first kappa shape index (κ1) is 85.7. The second-order valence-electron chi connectivity index (χ2n) is 6.61. The molecule has 0 aliphatic carbocycles. The molecule has 296 valence electrons. The molecule has 0 saturated heterocycles. The Morgan fingerprint density at radius 1 is 0.500 bits per heavy atom. The molecule has 0 saturated carbocycles. The summed E-state index contributed by atoms with van der Waals surface area (Å²) in [6.45, 7) is 16.1. The van der Waals surface area contributed by atoms with E-state index in [4.69, 9.17) is 22.0 Å². The van der Waals surface area contributed by atoms with E-state index in [1.165, 1.54) is 5.56 Å². The summed E-state index contributed by atoms with van der Waals surface area (Å²) >= 11 is 5.53. The second-order valence-corrected chi connectivity index (χ2v) is 6.88. The van der Waals surface area contributed by atoms with Crippen molar-refractivity contribution in [1.29, 1.82) is 5.26 Å². The second kappa shape index (κ2) is 80.2. The van der Waals surface area contributed by atoms with Crippen LogP contribution in [0.2, 0.25) is 0 Å². The van der Waals surface area contributed by atoms with Crippen LogP contribution in [0, 0.1) is 11.3 Å². The zero-order chi connectivity index (χ0) is 32.0. The Balaban J connectivity index is -0.0000000294. The van der Waals surface area contributed by atoms with Gasteiger partial charge in [-0.1, -0.05) is 244 Å². The Kier molecular flexibility index (Phi) is 137. The summed E-state index contributed by atoms with van der Waals surface area (Å²) in [5.74, 6) is 0.612. The number of carbonyl (C=O) groups excluding carboxylic acids is 1. The number of hydrogen-bond donors (Lipinski definition) is 1. The Hall–Kier alpha value is -3.71. The van der Waals surface area contributed by atoms with Crippen LogP contribution in [0.1, 0.15) is 149 Å². The van der Waals surface area contributed by atoms with Gasteiger partial charge in [-0.2, -0.15) is 5.26 Å². The van der Waals surface area contributed by atoms with Crippen molar-refractivity contribution in [2.24, 2.45) is 0 Å². The van der Waals surface area contributed by atoms with E-state index in [0.717, 1.165) is 23.0 Å². The minimum absolute atomic E-state index is 0. The highest BCUT2D eigenvalue weighted by molar-refractivity contribution is 6.17. The van der Waals surface area contributed by atoms with Crippen molar-refractivity contribution >= 4 is 17.9 Å². The van der Waals surface area contributed by atoms with Crippen LogP contribution in [-0.4, -0.2) is 11.4 Å². The van der Waals surface area contributed by atoms with Crippen molar-refractivity contribution < 1.29 is 9.90 Å². The van der Waals surface area contributed by atoms with Crippen LogP contribution in [-0.2, 0) is 18.9 Å². The number of nitriles is 1. The van der Waals surface area contributed by atoms with Gasteiger partial charge in [0, 0.05) is 11.4 Å². The summed E-state index contributed by atoms with van der Waals surface area (Å²) in [4.78, 5) is 10.0. The minimum Gasteiger partial charge on any atom is -0.392 e. The molecule has 0 aliphatic heterocycles. The van der Waals surface area contributed by atoms with Gasteiger partial charge in [-0.3, -0.25) is 4.79 Å². The van der Waals surface area contributed by atoms with Crippen LogP contribution < -0.4 is 0 Å². The molecule has 0 aromatic heterocycles. The molecule has 4 heteroatoms. The maximum Gasteiger partial charge on any atom is 0.150 e. The fraction of sp³-hybridized carbons (Fsp3) is 0.435. The maximum absolute atomic E-state index is 10.0. The van der Waals surface area contributed by atoms with E-state index < -0.39 is 0 Å². The van der Waals surface area contributed by atoms with Crippen molar-refractivity contribution in [3.8, 4) is 6.07 Å². The number of alkyl halides is 1. The van der Waals surface area contributed by atoms with Gasteiger partial charge < -0.3 is 5.11 Å². The van der Waals surface area contributed by atoms with Gasteiger partial charge in [0.25, 0.3) is 0 Å². The third kappa shape index (κ3) is 59.7. The molecule has 0 radical (unpaired) electrons. The number of aliphatic hydroxyl groups is 1. The highest BCUT2D eigenvalue weighted by Gasteiger charge is 1.85. The van der Waals surface area contributed by atoms with Crippen molar-refractivity contribution in [1.82, 2.24) is 0 Å². The Labute approximate surface area is 322 Å². The standard InChI is InChI=1S/C8H7N.C7H7Cl.C7H8O.C7H6O.4C2H6.9CH4/c9-7-6-8-4-2-1-3-5-8;3*8-6-7-4-2-1-3-5-7;4*1-2;;;;;;;;;/h1-5H,6H2;1-5H,6H2;1-5,8H,6H2;1-6H;4*1-2H3;9*1H4. The van der Waals surface area contributed by atoms with Crippen LogP contribution in [0.4, 0.5) is 0 Å². The van der Waals surface area contributed by atoms with Gasteiger partial charge in [0.2, 0.25) is 0 Å². The van der Waals surface area contributed by atoms with Crippen LogP contribution in [0.15, 0.2) is 121 Å². The van der Waals surface area contributed by atoms with Crippen molar-refractivity contribution in [3.63, 3.8) is 0 Å². The Bertz CT molecular complexity index is 982. The summed E-state index contributed by atoms with van der Waals surface area (Å²) in [5.41, 5.74) is 3.95. The number of aldehydes is 1. The first-order chi connectivity index (χ1) is 20.2. The van der Waals surface area contributed by atoms with Crippen LogP contribution in [0.3, 0.4) is 0 Å². The van der Waals surface area contributed by atoms with Gasteiger partial charge in [-0.05, 0) is 16.7 Å². The van der Waals surface area contributed by atoms with Gasteiger partial charge in [-0.15, -0.1) is 11.6 Å². The molecule has 4 rings (SSSR count). The summed E-state index contributed by atoms with van der Waals surface area (Å²) < 4.78 is 0. The average Bonchev–Trinajstić information content (AvgIpc) is 3.11. The molecule has 0 heterocycles. The molecule has 0 unspecified atom stereocenters. The molecule has 0 fully saturated rings. The molecule has 0 aliphatic rings. The predicted molar refractivity (Wildman–Crippen MR) is 242 cm³/mol. The van der Waals surface area contributed by atoms with E-state index in [2.05, 4.69) is 6.07 Å². The smallest absolute Gasteiger partial charge is 0.150 e. The fourth-order valence-electron chi connectivity index (χ4n) is 2.37. The number of aliphatic hydroxyl groups excluding tert-OH is 1. The number of halogens is 1. The van der Waals surface area contributed by atoms with E-state index in [-0.39, 0.29) is 73.4 Å². The van der Waals surface area contributed by atoms with Crippen LogP contribution in [0.25, 0.3) is 0 Å². The molecule has 4 aromatic rings. The molecular weight excluding hydrogens is 634 g/mol. The third-order valence-corrected chi connectivity index (χ3v) is 4.39. The zero-order valence-corrected chi connectivity index (χ0v) is 27.2. The van der Waals surface area contributed by atoms with Crippen LogP contribution in [0.5, 0.6) is 0 Å². The number of nitrogens with zero attached hydrogens (tertiary/aromatic N) is 1. The molecule has 50 heavy (non-hydrogen) atoms. The summed E-state index contributed by atoms with van der Waals surface area (Å²) in [5, 5.41) is 16.8. The molecular formula is C46H88ClNO2. The summed E-state index contributed by atoms with van der Waals surface area (Å²) in [7, 11) is 0. The minimum atomic E-state index is 0. The topological polar surface area (TPSA) is 61.1 Å². The molecule has 4 aromatic carbocycles. The quantitative estimate of drug-likeness (QED) is 0.169. The summed E-state index contributed by atoms with van der Waals surface area (Å²) in [6, 6.07) is 40.4. The summed E-state index contributed by atoms with van der Waals surface area (Å²) in [6.07, 6.45) is 1.35. The normalized spacial score (nSPS) is 6.26. The number of benzene rings is 4. The molecule has 3 nitrogen and oxygen atoms in total. The van der Waals surface area contributed by atoms with E-state index >= 15 is 0 Å². The lowest BCUT2D eigenvalue weighted by Crippen LogP contribution is -1.77. The molecule has 0 spiro atoms. The zero-order valence-electron chi connectivity index (χ0n) is 26.4. The largest absolute Gasteiger partial charge is 0.392 e. The first-order valence-electron chi connectivity index (χ1n) is 14.4. The fourth-order valence-corrected chi connectivity index (χ4v) is 2.55. The lowest BCUT2D eigenvalue weighted by atomic mass is 10.2. The van der Waals surface area contributed by atoms with Crippen LogP contribution >= 0.6 is 11.6 Å². The van der Waals surface area contributed by atoms with E-state index in [0.29, 0.717) is 12.3 Å². The Morgan fingerprint density at radius 3 is 0.940 bits per heavy atom. The van der Waals surface area contributed by atoms with Gasteiger partial charge in [0.05, 0.1) is 19.1 Å². The lowest BCUT2D eigenvalue weighted by Gasteiger charge is -1.89. The van der Waals surface area contributed by atoms with Crippen molar-refractivity contribution in [2.75, 3.05) is 0 Å². The SMILES string of the molecule is C.C.C.C.C.C.C.C.C.CC.CC.CC.CC.ClCc1ccccc1.N#CCc1ccccc1.O=Cc1ccccc1.OCc1ccccc1. The molecule has 1 N–H and O–H groups in total. The van der Waals surface area contributed by atoms with Crippen molar-refractivity contribution in [2.45, 2.75) is 141 Å². The van der Waals surface area contributed by atoms with Gasteiger partial charge in [-0.25, -0.2) is 0 Å². The lowest BCUT2D eigenvalue weighted by molar-refractivity contribution is 0.112. The average molecular weight is 723 g/mol. The Morgan fingerprint density at radius 2 is 0.760 bits per heavy atom. The third-order valence-electron chi connectivity index (χ3n) is 4.08. The highest BCUT2D eigenvalue weighted by atomic mass is 35.5. The molecule has 0 atom stereocenters. The number of carbonyl (C=O) groups is 1. The van der Waals surface area contributed by atoms with E-state index in [1.807, 2.05) is 165 Å². The monoisotopic (exact) mass is 722 g/mol. The number of hydrogen-bond acceptors (Lipinski definition) is 3. The van der Waals surface area contributed by atoms with Gasteiger partial charge >= 0.3 is 0 Å². The van der Waals surface area contributed by atoms with E-state index in [9.17, 15) is 4.79 Å². The number of rotatable bonds is 4. The van der Waals surface area contributed by atoms with Crippen molar-refractivity contribution in [3.05, 3.63) is 144 Å². The maximum atomic E-state index is 10.0. The first-order valence-corrected chi connectivity index (χ1v) is 14.9.